The van der Waals surface area contributed by atoms with Gasteiger partial charge < -0.3 is 10.1 Å². The molecule has 1 amide bonds. The highest BCUT2D eigenvalue weighted by Gasteiger charge is 2.35. The number of carbonyl (C=O) groups is 1. The molecule has 124 valence electrons. The normalized spacial score (nSPS) is 16.1. The first-order chi connectivity index (χ1) is 11.0. The van der Waals surface area contributed by atoms with Crippen LogP contribution in [0, 0.1) is 11.3 Å². The van der Waals surface area contributed by atoms with Crippen molar-refractivity contribution in [3.05, 3.63) is 29.3 Å². The van der Waals surface area contributed by atoms with Gasteiger partial charge in [0.25, 0.3) is 0 Å². The zero-order valence-corrected chi connectivity index (χ0v) is 14.1. The summed E-state index contributed by atoms with van der Waals surface area (Å²) in [6, 6.07) is 9.44. The lowest BCUT2D eigenvalue weighted by Gasteiger charge is -2.24. The molecule has 1 aliphatic rings. The Bertz CT molecular complexity index is 562. The van der Waals surface area contributed by atoms with Gasteiger partial charge in [-0.1, -0.05) is 11.6 Å². The van der Waals surface area contributed by atoms with Crippen LogP contribution in [0.15, 0.2) is 24.3 Å². The van der Waals surface area contributed by atoms with Crippen LogP contribution in [0.1, 0.15) is 25.7 Å². The fraction of sp³-hybridized carbons (Fsp3) is 0.529. The molecule has 5 nitrogen and oxygen atoms in total. The molecule has 1 aliphatic carbocycles. The van der Waals surface area contributed by atoms with Gasteiger partial charge in [0, 0.05) is 11.6 Å². The number of hydrogen-bond acceptors (Lipinski definition) is 4. The summed E-state index contributed by atoms with van der Waals surface area (Å²) in [6.45, 7) is 1.36. The molecule has 0 atom stereocenters. The SMILES string of the molecule is CN(CCOc1ccc(Cl)cc1)CC(=O)NC1(C#N)CCCC1. The van der Waals surface area contributed by atoms with Crippen molar-refractivity contribution in [3.63, 3.8) is 0 Å². The van der Waals surface area contributed by atoms with Gasteiger partial charge in [-0.15, -0.1) is 0 Å². The van der Waals surface area contributed by atoms with Gasteiger partial charge in [0.2, 0.25) is 5.91 Å². The number of hydrogen-bond donors (Lipinski definition) is 1. The van der Waals surface area contributed by atoms with Crippen molar-refractivity contribution in [1.82, 2.24) is 10.2 Å². The summed E-state index contributed by atoms with van der Waals surface area (Å²) in [4.78, 5) is 14.0. The highest BCUT2D eigenvalue weighted by Crippen LogP contribution is 2.28. The minimum atomic E-state index is -0.655. The van der Waals surface area contributed by atoms with Gasteiger partial charge in [-0.2, -0.15) is 5.26 Å². The van der Waals surface area contributed by atoms with E-state index in [0.717, 1.165) is 31.4 Å². The predicted octanol–water partition coefficient (Wildman–Crippen LogP) is 2.60. The van der Waals surface area contributed by atoms with Crippen molar-refractivity contribution in [1.29, 1.82) is 5.26 Å². The summed E-state index contributed by atoms with van der Waals surface area (Å²) in [7, 11) is 1.86. The van der Waals surface area contributed by atoms with Crippen LogP contribution in [0.5, 0.6) is 5.75 Å². The number of benzene rings is 1. The minimum absolute atomic E-state index is 0.109. The molecule has 1 aromatic carbocycles. The average molecular weight is 336 g/mol. The van der Waals surface area contributed by atoms with Crippen LogP contribution in [0.3, 0.4) is 0 Å². The first kappa shape index (κ1) is 17.6. The van der Waals surface area contributed by atoms with E-state index in [1.807, 2.05) is 24.1 Å². The van der Waals surface area contributed by atoms with Gasteiger partial charge in [0.1, 0.15) is 17.9 Å². The Morgan fingerprint density at radius 2 is 2.04 bits per heavy atom. The number of nitrogens with one attached hydrogen (secondary N) is 1. The molecule has 1 N–H and O–H groups in total. The van der Waals surface area contributed by atoms with Crippen LogP contribution >= 0.6 is 11.6 Å². The van der Waals surface area contributed by atoms with E-state index >= 15 is 0 Å². The van der Waals surface area contributed by atoms with Crippen molar-refractivity contribution >= 4 is 17.5 Å². The fourth-order valence-corrected chi connectivity index (χ4v) is 2.85. The van der Waals surface area contributed by atoms with Gasteiger partial charge in [-0.3, -0.25) is 9.69 Å². The van der Waals surface area contributed by atoms with E-state index in [1.165, 1.54) is 0 Å². The van der Waals surface area contributed by atoms with Crippen LogP contribution in [0.25, 0.3) is 0 Å². The summed E-state index contributed by atoms with van der Waals surface area (Å²) in [5.41, 5.74) is -0.655. The third-order valence-corrected chi connectivity index (χ3v) is 4.27. The maximum absolute atomic E-state index is 12.1. The lowest BCUT2D eigenvalue weighted by Crippen LogP contribution is -2.48. The summed E-state index contributed by atoms with van der Waals surface area (Å²) < 4.78 is 5.60. The first-order valence-corrected chi connectivity index (χ1v) is 8.20. The van der Waals surface area contributed by atoms with Crippen molar-refractivity contribution in [2.75, 3.05) is 26.7 Å². The molecule has 2 rings (SSSR count). The van der Waals surface area contributed by atoms with E-state index in [9.17, 15) is 10.1 Å². The van der Waals surface area contributed by atoms with Crippen molar-refractivity contribution in [2.45, 2.75) is 31.2 Å². The van der Waals surface area contributed by atoms with Crippen LogP contribution in [-0.2, 0) is 4.79 Å². The second-order valence-electron chi connectivity index (χ2n) is 5.99. The quantitative estimate of drug-likeness (QED) is 0.831. The lowest BCUT2D eigenvalue weighted by molar-refractivity contribution is -0.123. The Hall–Kier alpha value is -1.77. The molecule has 1 aromatic rings. The maximum atomic E-state index is 12.1. The number of carbonyl (C=O) groups excluding carboxylic acids is 1. The number of halogens is 1. The van der Waals surface area contributed by atoms with Crippen molar-refractivity contribution in [3.8, 4) is 11.8 Å². The molecule has 0 unspecified atom stereocenters. The summed E-state index contributed by atoms with van der Waals surface area (Å²) in [5.74, 6) is 0.643. The molecule has 0 radical (unpaired) electrons. The summed E-state index contributed by atoms with van der Waals surface area (Å²) in [6.07, 6.45) is 3.49. The van der Waals surface area contributed by atoms with E-state index in [2.05, 4.69) is 11.4 Å². The van der Waals surface area contributed by atoms with E-state index < -0.39 is 5.54 Å². The van der Waals surface area contributed by atoms with Crippen molar-refractivity contribution < 1.29 is 9.53 Å². The Morgan fingerprint density at radius 1 is 1.39 bits per heavy atom. The summed E-state index contributed by atoms with van der Waals surface area (Å²) in [5, 5.41) is 12.8. The number of amides is 1. The van der Waals surface area contributed by atoms with Crippen LogP contribution < -0.4 is 10.1 Å². The molecule has 0 saturated heterocycles. The molecule has 0 heterocycles. The Balaban J connectivity index is 1.69. The van der Waals surface area contributed by atoms with Gasteiger partial charge in [-0.25, -0.2) is 0 Å². The molecule has 0 bridgehead atoms. The lowest BCUT2D eigenvalue weighted by atomic mass is 10.00. The Kier molecular flexibility index (Phi) is 6.26. The van der Waals surface area contributed by atoms with Crippen LogP contribution in [0.2, 0.25) is 5.02 Å². The zero-order chi connectivity index (χ0) is 16.7. The van der Waals surface area contributed by atoms with Gasteiger partial charge in [0.05, 0.1) is 12.6 Å². The smallest absolute Gasteiger partial charge is 0.235 e. The first-order valence-electron chi connectivity index (χ1n) is 7.82. The van der Waals surface area contributed by atoms with Gasteiger partial charge in [-0.05, 0) is 57.0 Å². The van der Waals surface area contributed by atoms with E-state index in [0.29, 0.717) is 18.2 Å². The van der Waals surface area contributed by atoms with Gasteiger partial charge >= 0.3 is 0 Å². The Morgan fingerprint density at radius 3 is 2.65 bits per heavy atom. The van der Waals surface area contributed by atoms with E-state index in [-0.39, 0.29) is 12.5 Å². The number of nitrogens with zero attached hydrogens (tertiary/aromatic N) is 2. The second kappa shape index (κ2) is 8.19. The second-order valence-corrected chi connectivity index (χ2v) is 6.43. The van der Waals surface area contributed by atoms with Crippen LogP contribution in [-0.4, -0.2) is 43.1 Å². The third-order valence-electron chi connectivity index (χ3n) is 4.02. The molecule has 0 aliphatic heterocycles. The molecule has 0 spiro atoms. The molecular weight excluding hydrogens is 314 g/mol. The highest BCUT2D eigenvalue weighted by molar-refractivity contribution is 6.30. The number of likely N-dealkylation sites (N-methyl/N-ethyl adjacent to an activating group) is 1. The fourth-order valence-electron chi connectivity index (χ4n) is 2.72. The largest absolute Gasteiger partial charge is 0.492 e. The average Bonchev–Trinajstić information content (AvgIpc) is 2.98. The number of nitriles is 1. The molecular formula is C17H22ClN3O2. The monoisotopic (exact) mass is 335 g/mol. The molecule has 1 fully saturated rings. The van der Waals surface area contributed by atoms with Crippen LogP contribution in [0.4, 0.5) is 0 Å². The van der Waals surface area contributed by atoms with E-state index in [4.69, 9.17) is 16.3 Å². The van der Waals surface area contributed by atoms with Crippen molar-refractivity contribution in [2.24, 2.45) is 0 Å². The highest BCUT2D eigenvalue weighted by atomic mass is 35.5. The zero-order valence-electron chi connectivity index (χ0n) is 13.3. The standard InChI is InChI=1S/C17H22ClN3O2/c1-21(10-11-23-15-6-4-14(18)5-7-15)12-16(22)20-17(13-19)8-2-3-9-17/h4-7H,2-3,8-12H2,1H3,(H,20,22). The molecule has 1 saturated carbocycles. The topological polar surface area (TPSA) is 65.4 Å². The number of ether oxygens (including phenoxy) is 1. The maximum Gasteiger partial charge on any atom is 0.235 e. The summed E-state index contributed by atoms with van der Waals surface area (Å²) >= 11 is 5.82. The minimum Gasteiger partial charge on any atom is -0.492 e. The molecule has 0 aromatic heterocycles. The molecule has 23 heavy (non-hydrogen) atoms. The predicted molar refractivity (Wildman–Crippen MR) is 89.4 cm³/mol. The number of rotatable bonds is 7. The van der Waals surface area contributed by atoms with E-state index in [1.54, 1.807) is 12.1 Å². The van der Waals surface area contributed by atoms with Gasteiger partial charge in [0.15, 0.2) is 0 Å². The third kappa shape index (κ3) is 5.42. The Labute approximate surface area is 142 Å². The molecule has 6 heteroatoms.